The number of hydrogen-bond donors (Lipinski definition) is 0. The fraction of sp³-hybridized carbons (Fsp3) is 0.130. The van der Waals surface area contributed by atoms with Crippen molar-refractivity contribution in [3.63, 3.8) is 0 Å². The Labute approximate surface area is 151 Å². The minimum absolute atomic E-state index is 0.831. The zero-order chi connectivity index (χ0) is 17.8. The molecular weight excluding hydrogens is 324 g/mol. The van der Waals surface area contributed by atoms with E-state index in [1.54, 1.807) is 21.3 Å². The highest BCUT2D eigenvalue weighted by Crippen LogP contribution is 2.54. The van der Waals surface area contributed by atoms with Crippen LogP contribution in [0.2, 0.25) is 0 Å². The molecule has 26 heavy (non-hydrogen) atoms. The van der Waals surface area contributed by atoms with E-state index in [1.807, 2.05) is 24.3 Å². The van der Waals surface area contributed by atoms with Crippen LogP contribution in [-0.4, -0.2) is 21.3 Å². The van der Waals surface area contributed by atoms with E-state index >= 15 is 0 Å². The zero-order valence-corrected chi connectivity index (χ0v) is 14.9. The van der Waals surface area contributed by atoms with E-state index in [-0.39, 0.29) is 0 Å². The maximum Gasteiger partial charge on any atom is 0.130 e. The lowest BCUT2D eigenvalue weighted by atomic mass is 9.96. The molecule has 0 aliphatic heterocycles. The number of rotatable bonds is 3. The van der Waals surface area contributed by atoms with Crippen LogP contribution in [0.3, 0.4) is 0 Å². The Bertz CT molecular complexity index is 1180. The average molecular weight is 342 g/mol. The maximum absolute atomic E-state index is 5.63. The van der Waals surface area contributed by atoms with Gasteiger partial charge in [-0.2, -0.15) is 0 Å². The summed E-state index contributed by atoms with van der Waals surface area (Å²) >= 11 is 0. The third-order valence-corrected chi connectivity index (χ3v) is 5.32. The number of benzene rings is 4. The summed E-state index contributed by atoms with van der Waals surface area (Å²) in [5.74, 6) is 2.55. The fourth-order valence-corrected chi connectivity index (χ4v) is 4.23. The second kappa shape index (κ2) is 5.40. The Hall–Kier alpha value is -3.20. The van der Waals surface area contributed by atoms with Gasteiger partial charge in [0.2, 0.25) is 0 Å². The van der Waals surface area contributed by atoms with Crippen LogP contribution in [0.1, 0.15) is 0 Å². The third-order valence-electron chi connectivity index (χ3n) is 5.32. The van der Waals surface area contributed by atoms with E-state index in [1.165, 1.54) is 33.0 Å². The Balaban J connectivity index is 1.97. The van der Waals surface area contributed by atoms with Gasteiger partial charge in [-0.15, -0.1) is 0 Å². The standard InChI is InChI=1S/C23H18O3/c1-24-18-6-4-5-14-13(18)7-8-15-16-9-11-19(25-2)23-20(26-3)12-10-17(21(14)15)22(16)23/h4-12H,1-3H3. The molecule has 0 amide bonds. The molecule has 4 aromatic carbocycles. The fourth-order valence-electron chi connectivity index (χ4n) is 4.23. The van der Waals surface area contributed by atoms with Gasteiger partial charge in [0, 0.05) is 10.8 Å². The van der Waals surface area contributed by atoms with Crippen LogP contribution in [0.15, 0.2) is 54.6 Å². The van der Waals surface area contributed by atoms with Gasteiger partial charge in [-0.1, -0.05) is 24.3 Å². The Morgan fingerprint density at radius 3 is 1.85 bits per heavy atom. The predicted octanol–water partition coefficient (Wildman–Crippen LogP) is 5.67. The van der Waals surface area contributed by atoms with Gasteiger partial charge < -0.3 is 14.2 Å². The number of ether oxygens (including phenoxy) is 3. The van der Waals surface area contributed by atoms with Gasteiger partial charge in [-0.25, -0.2) is 0 Å². The number of hydrogen-bond acceptors (Lipinski definition) is 3. The molecule has 3 heteroatoms. The normalized spacial score (nSPS) is 11.7. The molecule has 0 unspecified atom stereocenters. The lowest BCUT2D eigenvalue weighted by Crippen LogP contribution is -1.90. The van der Waals surface area contributed by atoms with Crippen LogP contribution in [0.4, 0.5) is 0 Å². The summed E-state index contributed by atoms with van der Waals surface area (Å²) in [5, 5.41) is 4.53. The second-order valence-corrected chi connectivity index (χ2v) is 6.42. The maximum atomic E-state index is 5.63. The Morgan fingerprint density at radius 2 is 1.15 bits per heavy atom. The van der Waals surface area contributed by atoms with Gasteiger partial charge in [0.1, 0.15) is 17.2 Å². The van der Waals surface area contributed by atoms with Gasteiger partial charge >= 0.3 is 0 Å². The summed E-state index contributed by atoms with van der Waals surface area (Å²) in [6.45, 7) is 0. The quantitative estimate of drug-likeness (QED) is 0.423. The molecule has 5 rings (SSSR count). The Morgan fingerprint density at radius 1 is 0.500 bits per heavy atom. The first-order chi connectivity index (χ1) is 12.8. The van der Waals surface area contributed by atoms with Crippen molar-refractivity contribution in [2.45, 2.75) is 0 Å². The Kier molecular flexibility index (Phi) is 3.13. The minimum atomic E-state index is 0.831. The molecule has 0 fully saturated rings. The van der Waals surface area contributed by atoms with Crippen molar-refractivity contribution < 1.29 is 14.2 Å². The first-order valence-electron chi connectivity index (χ1n) is 8.56. The first kappa shape index (κ1) is 15.1. The highest BCUT2D eigenvalue weighted by atomic mass is 16.5. The van der Waals surface area contributed by atoms with Crippen molar-refractivity contribution in [3.8, 4) is 39.5 Å². The molecule has 0 radical (unpaired) electrons. The van der Waals surface area contributed by atoms with E-state index < -0.39 is 0 Å². The minimum Gasteiger partial charge on any atom is -0.496 e. The van der Waals surface area contributed by atoms with Crippen LogP contribution < -0.4 is 14.2 Å². The molecular formula is C23H18O3. The monoisotopic (exact) mass is 342 g/mol. The van der Waals surface area contributed by atoms with Crippen molar-refractivity contribution >= 4 is 21.5 Å². The molecule has 3 nitrogen and oxygen atoms in total. The second-order valence-electron chi connectivity index (χ2n) is 6.42. The molecule has 0 heterocycles. The smallest absolute Gasteiger partial charge is 0.130 e. The molecule has 1 aliphatic carbocycles. The highest BCUT2D eigenvalue weighted by Gasteiger charge is 2.26. The van der Waals surface area contributed by atoms with E-state index in [0.29, 0.717) is 0 Å². The summed E-state index contributed by atoms with van der Waals surface area (Å²) < 4.78 is 16.8. The van der Waals surface area contributed by atoms with Crippen LogP contribution in [-0.2, 0) is 0 Å². The van der Waals surface area contributed by atoms with Crippen molar-refractivity contribution in [3.05, 3.63) is 54.6 Å². The molecule has 0 bridgehead atoms. The van der Waals surface area contributed by atoms with E-state index in [9.17, 15) is 0 Å². The molecule has 0 aromatic heterocycles. The van der Waals surface area contributed by atoms with Gasteiger partial charge in [0.05, 0.1) is 26.7 Å². The lowest BCUT2D eigenvalue weighted by molar-refractivity contribution is 0.405. The molecule has 0 spiro atoms. The third kappa shape index (κ3) is 1.77. The van der Waals surface area contributed by atoms with E-state index in [2.05, 4.69) is 30.3 Å². The summed E-state index contributed by atoms with van der Waals surface area (Å²) in [5.41, 5.74) is 4.91. The van der Waals surface area contributed by atoms with Gasteiger partial charge in [0.15, 0.2) is 0 Å². The summed E-state index contributed by atoms with van der Waals surface area (Å²) in [6.07, 6.45) is 0. The molecule has 0 saturated heterocycles. The molecule has 0 N–H and O–H groups in total. The molecule has 1 aliphatic rings. The van der Waals surface area contributed by atoms with Crippen molar-refractivity contribution in [2.75, 3.05) is 21.3 Å². The SMILES string of the molecule is COc1cccc2c3c(ccc12)-c1ccc(OC)c2c(OC)ccc-3c12. The largest absolute Gasteiger partial charge is 0.496 e. The number of methoxy groups -OCH3 is 3. The van der Waals surface area contributed by atoms with E-state index in [4.69, 9.17) is 14.2 Å². The van der Waals surface area contributed by atoms with Crippen LogP contribution in [0, 0.1) is 0 Å². The topological polar surface area (TPSA) is 27.7 Å². The molecule has 128 valence electrons. The molecule has 0 saturated carbocycles. The molecule has 0 atom stereocenters. The summed E-state index contributed by atoms with van der Waals surface area (Å²) in [4.78, 5) is 0. The van der Waals surface area contributed by atoms with Crippen molar-refractivity contribution in [2.24, 2.45) is 0 Å². The average Bonchev–Trinajstić information content (AvgIpc) is 3.03. The van der Waals surface area contributed by atoms with Gasteiger partial charge in [-0.05, 0) is 58.0 Å². The predicted molar refractivity (Wildman–Crippen MR) is 106 cm³/mol. The number of fused-ring (bicyclic) bond motifs is 5. The van der Waals surface area contributed by atoms with Crippen molar-refractivity contribution in [1.29, 1.82) is 0 Å². The molecule has 4 aromatic rings. The zero-order valence-electron chi connectivity index (χ0n) is 14.9. The van der Waals surface area contributed by atoms with Crippen molar-refractivity contribution in [1.82, 2.24) is 0 Å². The van der Waals surface area contributed by atoms with Gasteiger partial charge in [-0.3, -0.25) is 0 Å². The van der Waals surface area contributed by atoms with Crippen LogP contribution >= 0.6 is 0 Å². The summed E-state index contributed by atoms with van der Waals surface area (Å²) in [7, 11) is 5.12. The van der Waals surface area contributed by atoms with Gasteiger partial charge in [0.25, 0.3) is 0 Å². The lowest BCUT2D eigenvalue weighted by Gasteiger charge is -2.12. The highest BCUT2D eigenvalue weighted by molar-refractivity contribution is 6.23. The van der Waals surface area contributed by atoms with Crippen LogP contribution in [0.5, 0.6) is 17.2 Å². The summed E-state index contributed by atoms with van der Waals surface area (Å²) in [6, 6.07) is 18.9. The first-order valence-corrected chi connectivity index (χ1v) is 8.56. The van der Waals surface area contributed by atoms with E-state index in [0.717, 1.165) is 28.0 Å². The van der Waals surface area contributed by atoms with Crippen LogP contribution in [0.25, 0.3) is 43.8 Å².